The van der Waals surface area contributed by atoms with Crippen LogP contribution in [0.15, 0.2) is 5.11 Å². The Morgan fingerprint density at radius 2 is 2.23 bits per heavy atom. The van der Waals surface area contributed by atoms with Crippen LogP contribution in [0.4, 0.5) is 0 Å². The molecule has 1 rings (SSSR count). The lowest BCUT2D eigenvalue weighted by molar-refractivity contribution is 0.177. The molecular weight excluding hydrogens is 166 g/mol. The predicted octanol–water partition coefficient (Wildman–Crippen LogP) is 1.53. The quantitative estimate of drug-likeness (QED) is 0.366. The van der Waals surface area contributed by atoms with Crippen molar-refractivity contribution in [2.75, 3.05) is 26.7 Å². The van der Waals surface area contributed by atoms with Crippen molar-refractivity contribution in [3.63, 3.8) is 0 Å². The van der Waals surface area contributed by atoms with E-state index in [9.17, 15) is 0 Å². The number of hydrogen-bond acceptors (Lipinski definition) is 3. The summed E-state index contributed by atoms with van der Waals surface area (Å²) < 4.78 is 0. The molecule has 1 aliphatic heterocycles. The largest absolute Gasteiger partial charge is 0.306 e. The van der Waals surface area contributed by atoms with E-state index in [1.54, 1.807) is 0 Å². The lowest BCUT2D eigenvalue weighted by Crippen LogP contribution is -2.38. The van der Waals surface area contributed by atoms with E-state index in [0.717, 1.165) is 25.9 Å². The molecule has 1 heterocycles. The Bertz CT molecular complexity index is 252. The third-order valence-corrected chi connectivity index (χ3v) is 2.62. The number of likely N-dealkylation sites (tertiary alicyclic amines) is 1. The van der Waals surface area contributed by atoms with Crippen molar-refractivity contribution in [3.8, 4) is 6.07 Å². The van der Waals surface area contributed by atoms with E-state index >= 15 is 0 Å². The van der Waals surface area contributed by atoms with E-state index in [0.29, 0.717) is 6.54 Å². The summed E-state index contributed by atoms with van der Waals surface area (Å²) in [5.74, 6) is 0. The summed E-state index contributed by atoms with van der Waals surface area (Å²) in [6.45, 7) is 2.14. The van der Waals surface area contributed by atoms with E-state index in [-0.39, 0.29) is 0 Å². The Hall–Kier alpha value is -1.24. The van der Waals surface area contributed by atoms with Crippen LogP contribution in [0.5, 0.6) is 0 Å². The van der Waals surface area contributed by atoms with Gasteiger partial charge in [-0.15, -0.1) is 0 Å². The van der Waals surface area contributed by atoms with Crippen LogP contribution in [-0.4, -0.2) is 31.6 Å². The summed E-state index contributed by atoms with van der Waals surface area (Å²) in [4.78, 5) is 4.89. The first kappa shape index (κ1) is 9.85. The predicted molar refractivity (Wildman–Crippen MR) is 48.8 cm³/mol. The molecule has 5 nitrogen and oxygen atoms in total. The molecule has 0 aliphatic carbocycles. The molecular formula is C8H13N5. The lowest BCUT2D eigenvalue weighted by atomic mass is 9.80. The van der Waals surface area contributed by atoms with Crippen molar-refractivity contribution in [2.24, 2.45) is 10.5 Å². The van der Waals surface area contributed by atoms with Crippen molar-refractivity contribution in [1.82, 2.24) is 4.90 Å². The first-order valence-electron chi connectivity index (χ1n) is 4.33. The third kappa shape index (κ3) is 2.35. The number of nitrogens with zero attached hydrogens (tertiary/aromatic N) is 5. The van der Waals surface area contributed by atoms with Crippen LogP contribution in [0.2, 0.25) is 0 Å². The fraction of sp³-hybridized carbons (Fsp3) is 0.875. The van der Waals surface area contributed by atoms with Gasteiger partial charge in [0.25, 0.3) is 0 Å². The molecule has 1 fully saturated rings. The zero-order valence-electron chi connectivity index (χ0n) is 7.77. The highest BCUT2D eigenvalue weighted by molar-refractivity contribution is 5.03. The van der Waals surface area contributed by atoms with Gasteiger partial charge in [-0.3, -0.25) is 0 Å². The van der Waals surface area contributed by atoms with Crippen molar-refractivity contribution < 1.29 is 0 Å². The molecule has 0 atom stereocenters. The van der Waals surface area contributed by atoms with Gasteiger partial charge in [-0.05, 0) is 38.5 Å². The van der Waals surface area contributed by atoms with E-state index < -0.39 is 5.41 Å². The van der Waals surface area contributed by atoms with Gasteiger partial charge in [0.05, 0.1) is 11.5 Å². The molecule has 0 unspecified atom stereocenters. The van der Waals surface area contributed by atoms with Crippen LogP contribution in [0.1, 0.15) is 12.8 Å². The summed E-state index contributed by atoms with van der Waals surface area (Å²) in [5, 5.41) is 12.5. The summed E-state index contributed by atoms with van der Waals surface area (Å²) in [6.07, 6.45) is 1.61. The maximum Gasteiger partial charge on any atom is 0.0692 e. The van der Waals surface area contributed by atoms with Gasteiger partial charge in [-0.1, -0.05) is 5.11 Å². The molecule has 0 bridgehead atoms. The second kappa shape index (κ2) is 4.13. The maximum absolute atomic E-state index is 9.00. The average molecular weight is 179 g/mol. The van der Waals surface area contributed by atoms with E-state index in [2.05, 4.69) is 21.0 Å². The van der Waals surface area contributed by atoms with Crippen LogP contribution in [-0.2, 0) is 0 Å². The van der Waals surface area contributed by atoms with Crippen LogP contribution in [0.25, 0.3) is 10.4 Å². The fourth-order valence-electron chi connectivity index (χ4n) is 1.52. The monoisotopic (exact) mass is 179 g/mol. The summed E-state index contributed by atoms with van der Waals surface area (Å²) in [6, 6.07) is 2.28. The van der Waals surface area contributed by atoms with Crippen LogP contribution < -0.4 is 0 Å². The second-order valence-corrected chi connectivity index (χ2v) is 3.58. The first-order chi connectivity index (χ1) is 6.22. The smallest absolute Gasteiger partial charge is 0.0692 e. The molecule has 0 aromatic heterocycles. The van der Waals surface area contributed by atoms with Gasteiger partial charge >= 0.3 is 0 Å². The summed E-state index contributed by atoms with van der Waals surface area (Å²) in [5.41, 5.74) is 7.79. The number of hydrogen-bond donors (Lipinski definition) is 0. The number of piperidine rings is 1. The van der Waals surface area contributed by atoms with E-state index in [1.807, 2.05) is 7.05 Å². The minimum Gasteiger partial charge on any atom is -0.306 e. The molecule has 70 valence electrons. The number of azide groups is 1. The minimum absolute atomic E-state index is 0.313. The molecule has 0 spiro atoms. The molecule has 0 N–H and O–H groups in total. The second-order valence-electron chi connectivity index (χ2n) is 3.58. The molecule has 0 aromatic carbocycles. The first-order valence-corrected chi connectivity index (χ1v) is 4.33. The Balaban J connectivity index is 2.61. The molecule has 5 heteroatoms. The van der Waals surface area contributed by atoms with Crippen molar-refractivity contribution in [2.45, 2.75) is 12.8 Å². The molecule has 0 saturated carbocycles. The summed E-state index contributed by atoms with van der Waals surface area (Å²) in [7, 11) is 2.04. The van der Waals surface area contributed by atoms with Crippen LogP contribution in [0.3, 0.4) is 0 Å². The van der Waals surface area contributed by atoms with Gasteiger partial charge < -0.3 is 4.90 Å². The molecule has 1 saturated heterocycles. The zero-order valence-corrected chi connectivity index (χ0v) is 7.77. The van der Waals surface area contributed by atoms with Gasteiger partial charge in [0.15, 0.2) is 0 Å². The third-order valence-electron chi connectivity index (χ3n) is 2.62. The fourth-order valence-corrected chi connectivity index (χ4v) is 1.52. The Morgan fingerprint density at radius 3 is 2.69 bits per heavy atom. The highest BCUT2D eigenvalue weighted by Gasteiger charge is 2.32. The highest BCUT2D eigenvalue weighted by atomic mass is 15.1. The Labute approximate surface area is 77.6 Å². The van der Waals surface area contributed by atoms with Gasteiger partial charge in [-0.2, -0.15) is 5.26 Å². The van der Waals surface area contributed by atoms with Crippen molar-refractivity contribution in [1.29, 1.82) is 5.26 Å². The lowest BCUT2D eigenvalue weighted by Gasteiger charge is -2.34. The maximum atomic E-state index is 9.00. The van der Waals surface area contributed by atoms with Gasteiger partial charge in [-0.25, -0.2) is 0 Å². The summed E-state index contributed by atoms with van der Waals surface area (Å²) >= 11 is 0. The topological polar surface area (TPSA) is 75.8 Å². The zero-order chi connectivity index (χ0) is 9.73. The molecule has 13 heavy (non-hydrogen) atoms. The van der Waals surface area contributed by atoms with Crippen LogP contribution >= 0.6 is 0 Å². The Morgan fingerprint density at radius 1 is 1.62 bits per heavy atom. The molecule has 0 aromatic rings. The van der Waals surface area contributed by atoms with E-state index in [1.165, 1.54) is 0 Å². The van der Waals surface area contributed by atoms with Gasteiger partial charge in [0.1, 0.15) is 0 Å². The van der Waals surface area contributed by atoms with Gasteiger partial charge in [0.2, 0.25) is 0 Å². The van der Waals surface area contributed by atoms with Gasteiger partial charge in [0, 0.05) is 11.5 Å². The Kier molecular flexibility index (Phi) is 3.13. The van der Waals surface area contributed by atoms with Crippen LogP contribution in [0, 0.1) is 16.7 Å². The molecule has 0 amide bonds. The minimum atomic E-state index is -0.404. The normalized spacial score (nSPS) is 21.5. The number of rotatable bonds is 2. The molecule has 0 radical (unpaired) electrons. The number of nitriles is 1. The van der Waals surface area contributed by atoms with E-state index in [4.69, 9.17) is 10.8 Å². The van der Waals surface area contributed by atoms with Crippen molar-refractivity contribution >= 4 is 0 Å². The molecule has 1 aliphatic rings. The standard InChI is InChI=1S/C8H13N5/c1-13-4-2-8(6-9,3-5-13)7-11-12-10/h2-5,7H2,1H3. The average Bonchev–Trinajstić information content (AvgIpc) is 2.18. The van der Waals surface area contributed by atoms with Crippen molar-refractivity contribution in [3.05, 3.63) is 10.4 Å². The SMILES string of the molecule is CN1CCC(C#N)(CN=[N+]=[N-])CC1. The highest BCUT2D eigenvalue weighted by Crippen LogP contribution is 2.30.